The second-order valence-corrected chi connectivity index (χ2v) is 5.79. The van der Waals surface area contributed by atoms with Crippen molar-refractivity contribution >= 4 is 22.5 Å². The summed E-state index contributed by atoms with van der Waals surface area (Å²) in [7, 11) is -1.03. The van der Waals surface area contributed by atoms with Gasteiger partial charge in [-0.15, -0.1) is 0 Å². The Morgan fingerprint density at radius 1 is 1.40 bits per heavy atom. The van der Waals surface area contributed by atoms with Gasteiger partial charge in [0, 0.05) is 34.5 Å². The summed E-state index contributed by atoms with van der Waals surface area (Å²) in [6.07, 6.45) is -4.59. The molecule has 0 aromatic heterocycles. The van der Waals surface area contributed by atoms with Gasteiger partial charge in [0.2, 0.25) is 0 Å². The van der Waals surface area contributed by atoms with Gasteiger partial charge in [0.25, 0.3) is 0 Å². The van der Waals surface area contributed by atoms with Gasteiger partial charge < -0.3 is 10.4 Å². The third-order valence-corrected chi connectivity index (χ3v) is 3.85. The molecular weight excluding hydrogens is 295 g/mol. The summed E-state index contributed by atoms with van der Waals surface area (Å²) in [6.45, 7) is 1.98. The van der Waals surface area contributed by atoms with Gasteiger partial charge in [-0.1, -0.05) is 6.92 Å². The van der Waals surface area contributed by atoms with Crippen molar-refractivity contribution in [3.8, 4) is 0 Å². The molecule has 0 aliphatic rings. The Hall–Kier alpha value is -1.57. The van der Waals surface area contributed by atoms with E-state index < -0.39 is 34.1 Å². The predicted octanol–water partition coefficient (Wildman–Crippen LogP) is 2.58. The highest BCUT2D eigenvalue weighted by molar-refractivity contribution is 7.84. The normalized spacial score (nSPS) is 13.0. The summed E-state index contributed by atoms with van der Waals surface area (Å²) >= 11 is 0. The summed E-state index contributed by atoms with van der Waals surface area (Å²) in [5.74, 6) is -0.674. The number of carboxylic acid groups (broad SMARTS) is 1. The lowest BCUT2D eigenvalue weighted by Gasteiger charge is -2.12. The van der Waals surface area contributed by atoms with E-state index in [0.29, 0.717) is 17.6 Å². The zero-order chi connectivity index (χ0) is 15.3. The van der Waals surface area contributed by atoms with Crippen molar-refractivity contribution in [2.45, 2.75) is 13.1 Å². The molecule has 0 aliphatic carbocycles. The first-order valence-electron chi connectivity index (χ1n) is 5.79. The Balaban J connectivity index is 2.91. The number of anilines is 1. The quantitative estimate of drug-likeness (QED) is 0.847. The van der Waals surface area contributed by atoms with Crippen molar-refractivity contribution in [2.75, 3.05) is 23.4 Å². The second kappa shape index (κ2) is 6.74. The van der Waals surface area contributed by atoms with Crippen molar-refractivity contribution < 1.29 is 27.3 Å². The Morgan fingerprint density at radius 3 is 2.55 bits per heavy atom. The summed E-state index contributed by atoms with van der Waals surface area (Å²) in [5.41, 5.74) is -1.39. The van der Waals surface area contributed by atoms with Crippen LogP contribution in [0.2, 0.25) is 0 Å². The van der Waals surface area contributed by atoms with Gasteiger partial charge in [0.05, 0.1) is 11.1 Å². The van der Waals surface area contributed by atoms with Gasteiger partial charge in [-0.2, -0.15) is 13.2 Å². The lowest BCUT2D eigenvalue weighted by Crippen LogP contribution is -2.15. The van der Waals surface area contributed by atoms with Crippen LogP contribution < -0.4 is 5.32 Å². The minimum absolute atomic E-state index is 0.0820. The molecule has 0 aliphatic heterocycles. The van der Waals surface area contributed by atoms with Crippen molar-refractivity contribution in [1.29, 1.82) is 0 Å². The fraction of sp³-hybridized carbons (Fsp3) is 0.417. The number of hydrogen-bond acceptors (Lipinski definition) is 3. The predicted molar refractivity (Wildman–Crippen MR) is 70.4 cm³/mol. The standard InChI is InChI=1S/C12H14F3NO3S/c1-2-20(19)6-5-16-10-4-3-8(12(13,14)15)7-9(10)11(17)18/h3-4,7,16H,2,5-6H2,1H3,(H,17,18). The van der Waals surface area contributed by atoms with Gasteiger partial charge in [-0.3, -0.25) is 4.21 Å². The van der Waals surface area contributed by atoms with Gasteiger partial charge in [-0.05, 0) is 18.2 Å². The van der Waals surface area contributed by atoms with E-state index in [0.717, 1.165) is 12.1 Å². The van der Waals surface area contributed by atoms with E-state index in [2.05, 4.69) is 5.32 Å². The molecule has 0 radical (unpaired) electrons. The van der Waals surface area contributed by atoms with Crippen molar-refractivity contribution in [2.24, 2.45) is 0 Å². The number of halogens is 3. The van der Waals surface area contributed by atoms with Crippen LogP contribution in [0.4, 0.5) is 18.9 Å². The molecule has 2 N–H and O–H groups in total. The van der Waals surface area contributed by atoms with E-state index in [-0.39, 0.29) is 12.2 Å². The molecule has 8 heteroatoms. The molecule has 112 valence electrons. The van der Waals surface area contributed by atoms with Crippen molar-refractivity contribution in [1.82, 2.24) is 0 Å². The van der Waals surface area contributed by atoms with Crippen molar-refractivity contribution in [3.63, 3.8) is 0 Å². The summed E-state index contributed by atoms with van der Waals surface area (Å²) < 4.78 is 48.8. The topological polar surface area (TPSA) is 66.4 Å². The van der Waals surface area contributed by atoms with Crippen LogP contribution in [-0.4, -0.2) is 33.3 Å². The summed E-state index contributed by atoms with van der Waals surface area (Å²) in [6, 6.07) is 2.47. The molecule has 1 rings (SSSR count). The molecule has 0 fully saturated rings. The zero-order valence-corrected chi connectivity index (χ0v) is 11.5. The number of nitrogens with one attached hydrogen (secondary N) is 1. The lowest BCUT2D eigenvalue weighted by molar-refractivity contribution is -0.137. The fourth-order valence-corrected chi connectivity index (χ4v) is 2.11. The minimum Gasteiger partial charge on any atom is -0.478 e. The smallest absolute Gasteiger partial charge is 0.416 e. The average molecular weight is 309 g/mol. The van der Waals surface area contributed by atoms with E-state index >= 15 is 0 Å². The third-order valence-electron chi connectivity index (χ3n) is 2.54. The van der Waals surface area contributed by atoms with Crippen LogP contribution in [0, 0.1) is 0 Å². The maximum absolute atomic E-state index is 12.5. The Morgan fingerprint density at radius 2 is 2.05 bits per heavy atom. The molecule has 4 nitrogen and oxygen atoms in total. The zero-order valence-electron chi connectivity index (χ0n) is 10.7. The Bertz CT molecular complexity index is 517. The van der Waals surface area contributed by atoms with E-state index in [1.807, 2.05) is 0 Å². The highest BCUT2D eigenvalue weighted by atomic mass is 32.2. The van der Waals surface area contributed by atoms with Crippen molar-refractivity contribution in [3.05, 3.63) is 29.3 Å². The monoisotopic (exact) mass is 309 g/mol. The highest BCUT2D eigenvalue weighted by Gasteiger charge is 2.31. The van der Waals surface area contributed by atoms with Crippen LogP contribution in [0.5, 0.6) is 0 Å². The molecule has 20 heavy (non-hydrogen) atoms. The molecule has 0 amide bonds. The van der Waals surface area contributed by atoms with Crippen LogP contribution >= 0.6 is 0 Å². The summed E-state index contributed by atoms with van der Waals surface area (Å²) in [5, 5.41) is 11.6. The molecule has 1 aromatic carbocycles. The molecule has 1 atom stereocenters. The van der Waals surface area contributed by atoms with Gasteiger partial charge >= 0.3 is 12.1 Å². The third kappa shape index (κ3) is 4.52. The molecule has 0 saturated carbocycles. The number of benzene rings is 1. The number of hydrogen-bond donors (Lipinski definition) is 2. The fourth-order valence-electron chi connectivity index (χ4n) is 1.50. The SMILES string of the molecule is CCS(=O)CCNc1ccc(C(F)(F)F)cc1C(=O)O. The van der Waals surface area contributed by atoms with Gasteiger partial charge in [0.15, 0.2) is 0 Å². The number of aromatic carboxylic acids is 1. The molecule has 0 spiro atoms. The molecular formula is C12H14F3NO3S. The van der Waals surface area contributed by atoms with E-state index in [1.54, 1.807) is 6.92 Å². The number of alkyl halides is 3. The molecule has 1 unspecified atom stereocenters. The molecule has 0 bridgehead atoms. The Kier molecular flexibility index (Phi) is 5.55. The second-order valence-electron chi connectivity index (χ2n) is 3.92. The number of carbonyl (C=O) groups is 1. The van der Waals surface area contributed by atoms with Crippen LogP contribution in [0.25, 0.3) is 0 Å². The van der Waals surface area contributed by atoms with E-state index in [9.17, 15) is 22.2 Å². The summed E-state index contributed by atoms with van der Waals surface area (Å²) in [4.78, 5) is 11.0. The molecule has 0 saturated heterocycles. The first kappa shape index (κ1) is 16.5. The maximum Gasteiger partial charge on any atom is 0.416 e. The first-order chi connectivity index (χ1) is 9.25. The average Bonchev–Trinajstić information content (AvgIpc) is 2.37. The minimum atomic E-state index is -4.59. The van der Waals surface area contributed by atoms with Gasteiger partial charge in [-0.25, -0.2) is 4.79 Å². The number of rotatable bonds is 6. The van der Waals surface area contributed by atoms with E-state index in [1.165, 1.54) is 0 Å². The Labute approximate surface area is 116 Å². The van der Waals surface area contributed by atoms with Crippen LogP contribution in [0.1, 0.15) is 22.8 Å². The van der Waals surface area contributed by atoms with Crippen LogP contribution in [-0.2, 0) is 17.0 Å². The van der Waals surface area contributed by atoms with Gasteiger partial charge in [0.1, 0.15) is 0 Å². The first-order valence-corrected chi connectivity index (χ1v) is 7.28. The maximum atomic E-state index is 12.5. The van der Waals surface area contributed by atoms with Crippen LogP contribution in [0.15, 0.2) is 18.2 Å². The highest BCUT2D eigenvalue weighted by Crippen LogP contribution is 2.31. The lowest BCUT2D eigenvalue weighted by atomic mass is 10.1. The largest absolute Gasteiger partial charge is 0.478 e. The molecule has 1 aromatic rings. The molecule has 0 heterocycles. The van der Waals surface area contributed by atoms with Crippen LogP contribution in [0.3, 0.4) is 0 Å². The number of carboxylic acids is 1. The van der Waals surface area contributed by atoms with E-state index in [4.69, 9.17) is 5.11 Å².